The third-order valence-electron chi connectivity index (χ3n) is 2.79. The molecule has 0 radical (unpaired) electrons. The van der Waals surface area contributed by atoms with Gasteiger partial charge >= 0.3 is 0 Å². The molecule has 0 aromatic carbocycles. The predicted molar refractivity (Wildman–Crippen MR) is 80.3 cm³/mol. The summed E-state index contributed by atoms with van der Waals surface area (Å²) in [6, 6.07) is 3.77. The van der Waals surface area contributed by atoms with E-state index in [-0.39, 0.29) is 5.91 Å². The lowest BCUT2D eigenvalue weighted by Crippen LogP contribution is -2.27. The van der Waals surface area contributed by atoms with E-state index in [9.17, 15) is 4.79 Å². The topological polar surface area (TPSA) is 54.0 Å². The van der Waals surface area contributed by atoms with Crippen LogP contribution in [0.5, 0.6) is 0 Å². The van der Waals surface area contributed by atoms with Gasteiger partial charge in [0.1, 0.15) is 5.82 Å². The Hall–Kier alpha value is -1.58. The molecule has 4 nitrogen and oxygen atoms in total. The molecule has 1 rings (SSSR count). The van der Waals surface area contributed by atoms with E-state index in [1.54, 1.807) is 6.20 Å². The second-order valence-electron chi connectivity index (χ2n) is 5.77. The summed E-state index contributed by atoms with van der Waals surface area (Å²) in [6.45, 7) is 8.79. The highest BCUT2D eigenvalue weighted by atomic mass is 16.2. The normalized spacial score (nSPS) is 11.2. The van der Waals surface area contributed by atoms with Crippen LogP contribution in [0.4, 0.5) is 11.5 Å². The molecule has 106 valence electrons. The lowest BCUT2D eigenvalue weighted by Gasteiger charge is -2.17. The van der Waals surface area contributed by atoms with Gasteiger partial charge in [-0.1, -0.05) is 40.5 Å². The first-order chi connectivity index (χ1) is 8.93. The van der Waals surface area contributed by atoms with Crippen molar-refractivity contribution < 1.29 is 4.79 Å². The second kappa shape index (κ2) is 7.12. The number of aromatic nitrogens is 1. The van der Waals surface area contributed by atoms with Gasteiger partial charge in [-0.3, -0.25) is 4.79 Å². The summed E-state index contributed by atoms with van der Waals surface area (Å²) in [5.74, 6) is 0.850. The van der Waals surface area contributed by atoms with Crippen molar-refractivity contribution in [3.05, 3.63) is 18.3 Å². The zero-order valence-electron chi connectivity index (χ0n) is 12.4. The van der Waals surface area contributed by atoms with E-state index in [0.29, 0.717) is 0 Å². The van der Waals surface area contributed by atoms with Gasteiger partial charge in [-0.05, 0) is 18.6 Å². The average molecular weight is 263 g/mol. The van der Waals surface area contributed by atoms with Crippen LogP contribution in [0.2, 0.25) is 0 Å². The van der Waals surface area contributed by atoms with Gasteiger partial charge in [0.05, 0.1) is 11.9 Å². The van der Waals surface area contributed by atoms with Gasteiger partial charge in [0.2, 0.25) is 5.91 Å². The molecule has 1 amide bonds. The summed E-state index contributed by atoms with van der Waals surface area (Å²) in [4.78, 5) is 16.1. The number of nitrogens with one attached hydrogen (secondary N) is 2. The SMILES string of the molecule is CCCCCNc1ccc(NC(=O)C(C)(C)C)cn1. The number of carbonyl (C=O) groups excluding carboxylic acids is 1. The molecule has 1 aromatic heterocycles. The number of unbranched alkanes of at least 4 members (excludes halogenated alkanes) is 2. The largest absolute Gasteiger partial charge is 0.370 e. The minimum absolute atomic E-state index is 0.00189. The molecule has 0 aliphatic heterocycles. The fraction of sp³-hybridized carbons (Fsp3) is 0.600. The Morgan fingerprint density at radius 1 is 1.26 bits per heavy atom. The van der Waals surface area contributed by atoms with E-state index < -0.39 is 5.41 Å². The first-order valence-corrected chi connectivity index (χ1v) is 6.95. The summed E-state index contributed by atoms with van der Waals surface area (Å²) in [7, 11) is 0. The highest BCUT2D eigenvalue weighted by Gasteiger charge is 2.21. The Labute approximate surface area is 116 Å². The molecule has 1 heterocycles. The van der Waals surface area contributed by atoms with Crippen LogP contribution < -0.4 is 10.6 Å². The lowest BCUT2D eigenvalue weighted by atomic mass is 9.96. The molecular weight excluding hydrogens is 238 g/mol. The highest BCUT2D eigenvalue weighted by Crippen LogP contribution is 2.17. The van der Waals surface area contributed by atoms with E-state index in [1.165, 1.54) is 12.8 Å². The van der Waals surface area contributed by atoms with Crippen molar-refractivity contribution in [3.8, 4) is 0 Å². The molecule has 0 saturated carbocycles. The van der Waals surface area contributed by atoms with Crippen LogP contribution in [0.3, 0.4) is 0 Å². The molecule has 19 heavy (non-hydrogen) atoms. The molecule has 0 unspecified atom stereocenters. The van der Waals surface area contributed by atoms with Crippen molar-refractivity contribution in [2.24, 2.45) is 5.41 Å². The van der Waals surface area contributed by atoms with Crippen molar-refractivity contribution in [3.63, 3.8) is 0 Å². The molecule has 2 N–H and O–H groups in total. The fourth-order valence-corrected chi connectivity index (χ4v) is 1.48. The third-order valence-corrected chi connectivity index (χ3v) is 2.79. The number of carbonyl (C=O) groups is 1. The van der Waals surface area contributed by atoms with Gasteiger partial charge in [-0.25, -0.2) is 4.98 Å². The van der Waals surface area contributed by atoms with E-state index in [0.717, 1.165) is 24.5 Å². The number of hydrogen-bond acceptors (Lipinski definition) is 3. The molecule has 4 heteroatoms. The van der Waals surface area contributed by atoms with Gasteiger partial charge in [0.15, 0.2) is 0 Å². The highest BCUT2D eigenvalue weighted by molar-refractivity contribution is 5.94. The van der Waals surface area contributed by atoms with Crippen molar-refractivity contribution in [1.29, 1.82) is 0 Å². The number of anilines is 2. The number of hydrogen-bond donors (Lipinski definition) is 2. The molecule has 0 spiro atoms. The molecular formula is C15H25N3O. The number of pyridine rings is 1. The van der Waals surface area contributed by atoms with Gasteiger partial charge in [-0.2, -0.15) is 0 Å². The molecule has 0 aliphatic rings. The van der Waals surface area contributed by atoms with Gasteiger partial charge in [0, 0.05) is 12.0 Å². The zero-order valence-corrected chi connectivity index (χ0v) is 12.4. The molecule has 0 atom stereocenters. The molecule has 0 saturated heterocycles. The van der Waals surface area contributed by atoms with Crippen LogP contribution >= 0.6 is 0 Å². The maximum Gasteiger partial charge on any atom is 0.229 e. The maximum atomic E-state index is 11.8. The number of amides is 1. The molecule has 0 bridgehead atoms. The van der Waals surface area contributed by atoms with Crippen molar-refractivity contribution >= 4 is 17.4 Å². The van der Waals surface area contributed by atoms with Gasteiger partial charge < -0.3 is 10.6 Å². The lowest BCUT2D eigenvalue weighted by molar-refractivity contribution is -0.123. The summed E-state index contributed by atoms with van der Waals surface area (Å²) in [5, 5.41) is 6.12. The van der Waals surface area contributed by atoms with Crippen LogP contribution in [0.1, 0.15) is 47.0 Å². The minimum Gasteiger partial charge on any atom is -0.370 e. The van der Waals surface area contributed by atoms with Crippen LogP contribution in [-0.2, 0) is 4.79 Å². The minimum atomic E-state index is -0.392. The molecule has 1 aromatic rings. The maximum absolute atomic E-state index is 11.8. The van der Waals surface area contributed by atoms with E-state index in [4.69, 9.17) is 0 Å². The summed E-state index contributed by atoms with van der Waals surface area (Å²) in [6.07, 6.45) is 5.28. The van der Waals surface area contributed by atoms with Crippen molar-refractivity contribution in [2.75, 3.05) is 17.2 Å². The summed E-state index contributed by atoms with van der Waals surface area (Å²) in [5.41, 5.74) is 0.343. The zero-order chi connectivity index (χ0) is 14.3. The van der Waals surface area contributed by atoms with Gasteiger partial charge in [0.25, 0.3) is 0 Å². The summed E-state index contributed by atoms with van der Waals surface area (Å²) < 4.78 is 0. The van der Waals surface area contributed by atoms with Crippen molar-refractivity contribution in [1.82, 2.24) is 4.98 Å². The first-order valence-electron chi connectivity index (χ1n) is 6.95. The Morgan fingerprint density at radius 3 is 2.53 bits per heavy atom. The quantitative estimate of drug-likeness (QED) is 0.770. The Balaban J connectivity index is 2.45. The van der Waals surface area contributed by atoms with Crippen LogP contribution in [0.15, 0.2) is 18.3 Å². The number of nitrogens with zero attached hydrogens (tertiary/aromatic N) is 1. The van der Waals surface area contributed by atoms with Crippen molar-refractivity contribution in [2.45, 2.75) is 47.0 Å². The number of rotatable bonds is 6. The van der Waals surface area contributed by atoms with Crippen LogP contribution in [-0.4, -0.2) is 17.4 Å². The van der Waals surface area contributed by atoms with E-state index in [2.05, 4.69) is 22.5 Å². The summed E-state index contributed by atoms with van der Waals surface area (Å²) >= 11 is 0. The second-order valence-corrected chi connectivity index (χ2v) is 5.77. The molecule has 0 aliphatic carbocycles. The van der Waals surface area contributed by atoms with E-state index in [1.807, 2.05) is 32.9 Å². The smallest absolute Gasteiger partial charge is 0.229 e. The predicted octanol–water partition coefficient (Wildman–Crippen LogP) is 3.67. The Bertz CT molecular complexity index is 393. The monoisotopic (exact) mass is 263 g/mol. The Kier molecular flexibility index (Phi) is 5.80. The molecule has 0 fully saturated rings. The fourth-order valence-electron chi connectivity index (χ4n) is 1.48. The van der Waals surface area contributed by atoms with E-state index >= 15 is 0 Å². The van der Waals surface area contributed by atoms with Gasteiger partial charge in [-0.15, -0.1) is 0 Å². The average Bonchev–Trinajstić information content (AvgIpc) is 2.35. The standard InChI is InChI=1S/C15H25N3O/c1-5-6-7-10-16-13-9-8-12(11-17-13)18-14(19)15(2,3)4/h8-9,11H,5-7,10H2,1-4H3,(H,16,17)(H,18,19). The Morgan fingerprint density at radius 2 is 2.00 bits per heavy atom. The van der Waals surface area contributed by atoms with Crippen LogP contribution in [0, 0.1) is 5.41 Å². The third kappa shape index (κ3) is 5.73. The first kappa shape index (κ1) is 15.5. The van der Waals surface area contributed by atoms with Crippen LogP contribution in [0.25, 0.3) is 0 Å².